The molecule has 280 valence electrons. The first-order chi connectivity index (χ1) is 26.2. The number of imide groups is 2. The minimum atomic E-state index is -1.09. The van der Waals surface area contributed by atoms with E-state index in [-0.39, 0.29) is 48.3 Å². The molecule has 0 saturated carbocycles. The van der Waals surface area contributed by atoms with Crippen LogP contribution in [0.4, 0.5) is 5.95 Å². The molecule has 54 heavy (non-hydrogen) atoms. The largest absolute Gasteiger partial charge is 0.483 e. The van der Waals surface area contributed by atoms with Gasteiger partial charge >= 0.3 is 0 Å². The Morgan fingerprint density at radius 3 is 2.65 bits per heavy atom. The van der Waals surface area contributed by atoms with E-state index in [1.165, 1.54) is 18.2 Å². The number of piperidine rings is 1. The molecule has 15 nitrogen and oxygen atoms in total. The molecule has 0 radical (unpaired) electrons. The topological polar surface area (TPSA) is 196 Å². The van der Waals surface area contributed by atoms with E-state index < -0.39 is 35.6 Å². The van der Waals surface area contributed by atoms with Crippen molar-refractivity contribution in [2.24, 2.45) is 0 Å². The average molecular weight is 755 g/mol. The zero-order chi connectivity index (χ0) is 37.8. The molecule has 7 rings (SSSR count). The van der Waals surface area contributed by atoms with Crippen molar-refractivity contribution in [1.82, 2.24) is 35.4 Å². The highest BCUT2D eigenvalue weighted by atomic mass is 35.5. The van der Waals surface area contributed by atoms with Crippen LogP contribution in [0.3, 0.4) is 0 Å². The molecule has 0 bridgehead atoms. The second-order valence-electron chi connectivity index (χ2n) is 13.5. The van der Waals surface area contributed by atoms with Gasteiger partial charge in [0, 0.05) is 61.2 Å². The molecule has 3 aliphatic heterocycles. The lowest BCUT2D eigenvalue weighted by Crippen LogP contribution is -2.54. The number of hydrogen-bond donors (Lipinski definition) is 4. The number of anilines is 1. The number of aromatic amines is 1. The highest BCUT2D eigenvalue weighted by Crippen LogP contribution is 2.34. The molecule has 5 heterocycles. The van der Waals surface area contributed by atoms with E-state index in [1.807, 2.05) is 35.4 Å². The van der Waals surface area contributed by atoms with Crippen LogP contribution in [0.15, 0.2) is 54.9 Å². The van der Waals surface area contributed by atoms with Crippen LogP contribution in [-0.2, 0) is 19.2 Å². The lowest BCUT2D eigenvalue weighted by atomic mass is 10.0. The summed E-state index contributed by atoms with van der Waals surface area (Å²) in [6.45, 7) is 1.27. The van der Waals surface area contributed by atoms with E-state index in [2.05, 4.69) is 25.9 Å². The van der Waals surface area contributed by atoms with Gasteiger partial charge in [0.05, 0.1) is 28.0 Å². The van der Waals surface area contributed by atoms with Crippen LogP contribution >= 0.6 is 11.6 Å². The number of likely N-dealkylation sites (tertiary alicyclic amines) is 1. The van der Waals surface area contributed by atoms with Gasteiger partial charge in [0.25, 0.3) is 17.7 Å². The Morgan fingerprint density at radius 1 is 0.963 bits per heavy atom. The number of unbranched alkanes of at least 4 members (excludes halogenated alkanes) is 3. The van der Waals surface area contributed by atoms with Gasteiger partial charge in [-0.2, -0.15) is 0 Å². The Hall–Kier alpha value is -5.83. The van der Waals surface area contributed by atoms with Gasteiger partial charge in [-0.1, -0.05) is 48.7 Å². The van der Waals surface area contributed by atoms with Crippen LogP contribution in [0.25, 0.3) is 22.2 Å². The minimum Gasteiger partial charge on any atom is -0.483 e. The summed E-state index contributed by atoms with van der Waals surface area (Å²) in [4.78, 5) is 90.6. The summed E-state index contributed by atoms with van der Waals surface area (Å²) in [7, 11) is 0. The maximum absolute atomic E-state index is 13.2. The van der Waals surface area contributed by atoms with E-state index in [0.717, 1.165) is 47.0 Å². The zero-order valence-electron chi connectivity index (χ0n) is 29.4. The molecule has 2 aromatic carbocycles. The van der Waals surface area contributed by atoms with E-state index in [9.17, 15) is 28.8 Å². The van der Waals surface area contributed by atoms with Crippen molar-refractivity contribution in [3.63, 3.8) is 0 Å². The number of amides is 6. The highest BCUT2D eigenvalue weighted by Gasteiger charge is 2.46. The molecule has 2 saturated heterocycles. The fourth-order valence-corrected chi connectivity index (χ4v) is 7.31. The van der Waals surface area contributed by atoms with Gasteiger partial charge in [-0.3, -0.25) is 39.0 Å². The van der Waals surface area contributed by atoms with E-state index in [0.29, 0.717) is 49.1 Å². The average Bonchev–Trinajstić information content (AvgIpc) is 3.88. The Labute approximate surface area is 315 Å². The van der Waals surface area contributed by atoms with Crippen LogP contribution in [0.2, 0.25) is 5.02 Å². The molecule has 6 amide bonds. The van der Waals surface area contributed by atoms with Gasteiger partial charge in [-0.05, 0) is 43.9 Å². The van der Waals surface area contributed by atoms with Gasteiger partial charge in [-0.15, -0.1) is 0 Å². The lowest BCUT2D eigenvalue weighted by molar-refractivity contribution is -0.136. The second kappa shape index (κ2) is 16.0. The van der Waals surface area contributed by atoms with Crippen molar-refractivity contribution in [3.8, 4) is 17.0 Å². The van der Waals surface area contributed by atoms with Crippen molar-refractivity contribution in [2.45, 2.75) is 63.5 Å². The number of hydrogen-bond acceptors (Lipinski definition) is 10. The fourth-order valence-electron chi connectivity index (χ4n) is 7.12. The van der Waals surface area contributed by atoms with Gasteiger partial charge < -0.3 is 25.3 Å². The number of halogens is 1. The third-order valence-electron chi connectivity index (χ3n) is 9.89. The molecule has 4 N–H and O–H groups in total. The lowest BCUT2D eigenvalue weighted by Gasteiger charge is -2.27. The molecular formula is C38H39ClN8O7. The molecular weight excluding hydrogens is 716 g/mol. The van der Waals surface area contributed by atoms with Crippen molar-refractivity contribution in [2.75, 3.05) is 31.6 Å². The SMILES string of the molecule is O=C(COc1cccc2c1C(=O)N(C1CCC(=O)NC1=O)C2=O)NCCCCCCC(=O)N1CC[C@@H](Nc2ncc(Cl)c(-c3c[nH]c4ccccc34)n2)C1. The van der Waals surface area contributed by atoms with Gasteiger partial charge in [0.1, 0.15) is 11.8 Å². The normalized spacial score (nSPS) is 18.2. The molecule has 0 aliphatic carbocycles. The molecule has 2 aromatic heterocycles. The number of fused-ring (bicyclic) bond motifs is 2. The number of carbonyl (C=O) groups is 6. The Balaban J connectivity index is 0.789. The highest BCUT2D eigenvalue weighted by molar-refractivity contribution is 6.33. The van der Waals surface area contributed by atoms with Crippen LogP contribution in [0.1, 0.15) is 72.1 Å². The Kier molecular flexibility index (Phi) is 10.9. The summed E-state index contributed by atoms with van der Waals surface area (Å²) in [5.41, 5.74) is 2.59. The van der Waals surface area contributed by atoms with Crippen molar-refractivity contribution < 1.29 is 33.5 Å². The number of H-pyrrole nitrogens is 1. The molecule has 2 fully saturated rings. The standard InChI is InChI=1S/C38H39ClN8O7/c39-26-19-42-38(45-34(26)25-18-41-27-10-5-4-8-23(25)27)43-22-15-17-46(20-22)32(50)12-3-1-2-6-16-40-31(49)21-54-29-11-7-9-24-33(29)37(53)47(36(24)52)28-13-14-30(48)44-35(28)51/h4-5,7-11,18-19,22,28,41H,1-3,6,12-17,20-21H2,(H,40,49)(H,42,43,45)(H,44,48,51)/t22-,28?/m1/s1. The van der Waals surface area contributed by atoms with E-state index >= 15 is 0 Å². The van der Waals surface area contributed by atoms with Crippen LogP contribution < -0.4 is 20.7 Å². The number of rotatable bonds is 14. The van der Waals surface area contributed by atoms with Crippen molar-refractivity contribution in [1.29, 1.82) is 0 Å². The molecule has 4 aromatic rings. The molecule has 1 unspecified atom stereocenters. The van der Waals surface area contributed by atoms with Crippen molar-refractivity contribution >= 4 is 63.9 Å². The minimum absolute atomic E-state index is 0.0122. The summed E-state index contributed by atoms with van der Waals surface area (Å²) in [5.74, 6) is -2.27. The number of ether oxygens (including phenoxy) is 1. The summed E-state index contributed by atoms with van der Waals surface area (Å²) < 4.78 is 5.63. The summed E-state index contributed by atoms with van der Waals surface area (Å²) >= 11 is 6.48. The van der Waals surface area contributed by atoms with Crippen LogP contribution in [0, 0.1) is 0 Å². The number of aromatic nitrogens is 3. The number of para-hydroxylation sites is 1. The van der Waals surface area contributed by atoms with Gasteiger partial charge in [0.15, 0.2) is 6.61 Å². The van der Waals surface area contributed by atoms with Crippen molar-refractivity contribution in [3.05, 3.63) is 71.0 Å². The maximum Gasteiger partial charge on any atom is 0.266 e. The summed E-state index contributed by atoms with van der Waals surface area (Å²) in [6.07, 6.45) is 7.87. The number of nitrogens with one attached hydrogen (secondary N) is 4. The van der Waals surface area contributed by atoms with Gasteiger partial charge in [-0.25, -0.2) is 9.97 Å². The fraction of sp³-hybridized carbons (Fsp3) is 0.368. The molecule has 3 aliphatic rings. The molecule has 0 spiro atoms. The summed E-state index contributed by atoms with van der Waals surface area (Å²) in [5, 5.41) is 9.80. The van der Waals surface area contributed by atoms with E-state index in [4.69, 9.17) is 21.3 Å². The maximum atomic E-state index is 13.2. The Bertz CT molecular complexity index is 2140. The third-order valence-corrected chi connectivity index (χ3v) is 10.2. The first-order valence-electron chi connectivity index (χ1n) is 18.1. The number of nitrogens with zero attached hydrogens (tertiary/aromatic N) is 4. The first kappa shape index (κ1) is 36.5. The zero-order valence-corrected chi connectivity index (χ0v) is 30.1. The molecule has 2 atom stereocenters. The monoisotopic (exact) mass is 754 g/mol. The predicted octanol–water partition coefficient (Wildman–Crippen LogP) is 3.84. The predicted molar refractivity (Wildman–Crippen MR) is 198 cm³/mol. The quantitative estimate of drug-likeness (QED) is 0.109. The van der Waals surface area contributed by atoms with Crippen LogP contribution in [0.5, 0.6) is 5.75 Å². The number of benzene rings is 2. The second-order valence-corrected chi connectivity index (χ2v) is 13.9. The van der Waals surface area contributed by atoms with Gasteiger partial charge in [0.2, 0.25) is 23.7 Å². The Morgan fingerprint density at radius 2 is 1.80 bits per heavy atom. The molecule has 16 heteroatoms. The third kappa shape index (κ3) is 7.76. The smallest absolute Gasteiger partial charge is 0.266 e. The number of carbonyl (C=O) groups excluding carboxylic acids is 6. The van der Waals surface area contributed by atoms with Crippen LogP contribution in [-0.4, -0.2) is 98.5 Å². The first-order valence-corrected chi connectivity index (χ1v) is 18.4. The summed E-state index contributed by atoms with van der Waals surface area (Å²) in [6, 6.07) is 11.4. The van der Waals surface area contributed by atoms with E-state index in [1.54, 1.807) is 6.20 Å².